The van der Waals surface area contributed by atoms with E-state index >= 15 is 4.39 Å². The van der Waals surface area contributed by atoms with Crippen LogP contribution in [0.25, 0.3) is 21.9 Å². The number of benzene rings is 1. The zero-order chi connectivity index (χ0) is 34.4. The Bertz CT molecular complexity index is 1730. The van der Waals surface area contributed by atoms with Crippen molar-refractivity contribution in [3.05, 3.63) is 35.9 Å². The Hall–Kier alpha value is -4.72. The quantitative estimate of drug-likeness (QED) is 0.268. The fourth-order valence-corrected chi connectivity index (χ4v) is 5.61. The number of ether oxygens (including phenoxy) is 4. The maximum absolute atomic E-state index is 16.6. The van der Waals surface area contributed by atoms with E-state index in [1.165, 1.54) is 29.4 Å². The van der Waals surface area contributed by atoms with E-state index in [1.54, 1.807) is 27.7 Å². The SMILES string of the molecule is Cc1c(-c2cc3cc(NC(=O)OC4COCC4C)ncc3c(NC(=O)OC(C)(C)C)c2F)cnc2c1N(C(=O)O)C(C(C)(C)C)CO2. The number of carbonyl (C=O) groups excluding carboxylic acids is 2. The highest BCUT2D eigenvalue weighted by Crippen LogP contribution is 2.45. The molecule has 252 valence electrons. The van der Waals surface area contributed by atoms with Gasteiger partial charge in [0.1, 0.15) is 29.8 Å². The number of pyridine rings is 2. The number of fused-ring (bicyclic) bond motifs is 2. The molecule has 0 aliphatic carbocycles. The van der Waals surface area contributed by atoms with Crippen molar-refractivity contribution in [2.75, 3.05) is 35.4 Å². The third-order valence-electron chi connectivity index (χ3n) is 8.07. The number of carbonyl (C=O) groups is 3. The van der Waals surface area contributed by atoms with Crippen LogP contribution in [0.3, 0.4) is 0 Å². The van der Waals surface area contributed by atoms with Gasteiger partial charge in [-0.2, -0.15) is 0 Å². The minimum absolute atomic E-state index is 0.0104. The smallest absolute Gasteiger partial charge is 0.413 e. The number of anilines is 3. The van der Waals surface area contributed by atoms with Crippen molar-refractivity contribution >= 4 is 46.2 Å². The maximum atomic E-state index is 16.6. The Morgan fingerprint density at radius 3 is 2.34 bits per heavy atom. The first-order valence-corrected chi connectivity index (χ1v) is 15.3. The van der Waals surface area contributed by atoms with Gasteiger partial charge in [-0.25, -0.2) is 28.7 Å². The van der Waals surface area contributed by atoms with Gasteiger partial charge in [0, 0.05) is 34.8 Å². The van der Waals surface area contributed by atoms with Gasteiger partial charge < -0.3 is 24.1 Å². The molecule has 5 rings (SSSR count). The summed E-state index contributed by atoms with van der Waals surface area (Å²) >= 11 is 0. The summed E-state index contributed by atoms with van der Waals surface area (Å²) in [5, 5.41) is 16.0. The molecule has 14 heteroatoms. The van der Waals surface area contributed by atoms with Crippen LogP contribution in [-0.4, -0.2) is 70.9 Å². The van der Waals surface area contributed by atoms with Gasteiger partial charge in [-0.3, -0.25) is 15.5 Å². The standard InChI is InChI=1S/C33H40FN5O8/c1-16-13-44-14-22(16)46-29(40)37-24-10-18-9-19(25(34)26(21(18)12-35-24)38-30(41)47-33(6,7)8)20-11-36-28-27(17(20)2)39(31(42)43)23(15-45-28)32(3,4)5/h9-12,16,22-23H,13-15H2,1-8H3,(H,38,41)(H,42,43)(H,35,37,40). The molecule has 3 atom stereocenters. The van der Waals surface area contributed by atoms with Gasteiger partial charge in [0.25, 0.3) is 0 Å². The second-order valence-corrected chi connectivity index (χ2v) is 13.9. The second-order valence-electron chi connectivity index (χ2n) is 13.9. The number of amides is 3. The zero-order valence-electron chi connectivity index (χ0n) is 27.7. The van der Waals surface area contributed by atoms with Gasteiger partial charge in [0.05, 0.1) is 24.9 Å². The number of hydrogen-bond donors (Lipinski definition) is 3. The number of aromatic nitrogens is 2. The molecule has 1 fully saturated rings. The van der Waals surface area contributed by atoms with Crippen LogP contribution in [0.4, 0.5) is 36.0 Å². The van der Waals surface area contributed by atoms with Crippen LogP contribution in [0.5, 0.6) is 5.88 Å². The second kappa shape index (κ2) is 12.5. The predicted octanol–water partition coefficient (Wildman–Crippen LogP) is 6.97. The molecule has 1 saturated heterocycles. The number of carboxylic acid groups (broad SMARTS) is 1. The van der Waals surface area contributed by atoms with Gasteiger partial charge in [0.15, 0.2) is 5.82 Å². The Balaban J connectivity index is 1.62. The van der Waals surface area contributed by atoms with Crippen LogP contribution in [0.15, 0.2) is 24.5 Å². The van der Waals surface area contributed by atoms with Gasteiger partial charge in [-0.1, -0.05) is 27.7 Å². The van der Waals surface area contributed by atoms with Crippen LogP contribution >= 0.6 is 0 Å². The minimum Gasteiger partial charge on any atom is -0.474 e. The van der Waals surface area contributed by atoms with Crippen molar-refractivity contribution < 1.29 is 42.8 Å². The Morgan fingerprint density at radius 2 is 1.72 bits per heavy atom. The van der Waals surface area contributed by atoms with Gasteiger partial charge in [-0.05, 0) is 56.2 Å². The third kappa shape index (κ3) is 7.02. The van der Waals surface area contributed by atoms with Crippen molar-refractivity contribution in [2.24, 2.45) is 11.3 Å². The van der Waals surface area contributed by atoms with Gasteiger partial charge in [0.2, 0.25) is 5.88 Å². The first-order valence-electron chi connectivity index (χ1n) is 15.3. The van der Waals surface area contributed by atoms with E-state index < -0.39 is 47.3 Å². The fraction of sp³-hybridized carbons (Fsp3) is 0.485. The zero-order valence-corrected chi connectivity index (χ0v) is 27.7. The number of nitrogens with zero attached hydrogens (tertiary/aromatic N) is 3. The lowest BCUT2D eigenvalue weighted by molar-refractivity contribution is 0.0635. The van der Waals surface area contributed by atoms with E-state index in [0.29, 0.717) is 17.6 Å². The molecule has 2 aromatic heterocycles. The molecule has 3 N–H and O–H groups in total. The average molecular weight is 654 g/mol. The third-order valence-corrected chi connectivity index (χ3v) is 8.07. The first-order chi connectivity index (χ1) is 21.9. The van der Waals surface area contributed by atoms with E-state index in [9.17, 15) is 19.5 Å². The topological polar surface area (TPSA) is 161 Å². The summed E-state index contributed by atoms with van der Waals surface area (Å²) in [6.45, 7) is 15.2. The average Bonchev–Trinajstić information content (AvgIpc) is 3.36. The lowest BCUT2D eigenvalue weighted by Gasteiger charge is -2.42. The molecule has 2 aliphatic heterocycles. The highest BCUT2D eigenvalue weighted by atomic mass is 19.1. The summed E-state index contributed by atoms with van der Waals surface area (Å²) < 4.78 is 38.7. The Kier molecular flexibility index (Phi) is 8.93. The van der Waals surface area contributed by atoms with E-state index in [1.807, 2.05) is 27.7 Å². The summed E-state index contributed by atoms with van der Waals surface area (Å²) in [6.07, 6.45) is -0.520. The molecule has 1 aromatic carbocycles. The van der Waals surface area contributed by atoms with Crippen molar-refractivity contribution in [3.63, 3.8) is 0 Å². The summed E-state index contributed by atoms with van der Waals surface area (Å²) in [5.74, 6) is -0.560. The lowest BCUT2D eigenvalue weighted by atomic mass is 9.85. The van der Waals surface area contributed by atoms with Gasteiger partial charge in [-0.15, -0.1) is 0 Å². The number of halogens is 1. The van der Waals surface area contributed by atoms with Gasteiger partial charge >= 0.3 is 18.3 Å². The molecule has 4 heterocycles. The van der Waals surface area contributed by atoms with E-state index in [-0.39, 0.29) is 58.7 Å². The molecule has 3 unspecified atom stereocenters. The Labute approximate surface area is 271 Å². The molecule has 0 spiro atoms. The summed E-state index contributed by atoms with van der Waals surface area (Å²) in [6, 6.07) is 2.48. The van der Waals surface area contributed by atoms with Crippen LogP contribution in [-0.2, 0) is 14.2 Å². The summed E-state index contributed by atoms with van der Waals surface area (Å²) in [5.41, 5.74) is -0.700. The van der Waals surface area contributed by atoms with Crippen molar-refractivity contribution in [1.29, 1.82) is 0 Å². The monoisotopic (exact) mass is 653 g/mol. The minimum atomic E-state index is -1.20. The van der Waals surface area contributed by atoms with Crippen LogP contribution < -0.4 is 20.3 Å². The van der Waals surface area contributed by atoms with E-state index in [0.717, 1.165) is 0 Å². The van der Waals surface area contributed by atoms with Crippen LogP contribution in [0.2, 0.25) is 0 Å². The largest absolute Gasteiger partial charge is 0.474 e. The molecular weight excluding hydrogens is 613 g/mol. The molecule has 0 radical (unpaired) electrons. The summed E-state index contributed by atoms with van der Waals surface area (Å²) in [4.78, 5) is 48.0. The van der Waals surface area contributed by atoms with E-state index in [4.69, 9.17) is 18.9 Å². The molecular formula is C33H40FN5O8. The van der Waals surface area contributed by atoms with Crippen molar-refractivity contribution in [2.45, 2.75) is 73.1 Å². The fourth-order valence-electron chi connectivity index (χ4n) is 5.61. The molecule has 0 saturated carbocycles. The highest BCUT2D eigenvalue weighted by molar-refractivity contribution is 6.05. The molecule has 47 heavy (non-hydrogen) atoms. The molecule has 3 amide bonds. The Morgan fingerprint density at radius 1 is 1.00 bits per heavy atom. The molecule has 2 aliphatic rings. The summed E-state index contributed by atoms with van der Waals surface area (Å²) in [7, 11) is 0. The molecule has 3 aromatic rings. The van der Waals surface area contributed by atoms with E-state index in [2.05, 4.69) is 20.6 Å². The molecule has 13 nitrogen and oxygen atoms in total. The number of nitrogens with one attached hydrogen (secondary N) is 2. The predicted molar refractivity (Wildman–Crippen MR) is 173 cm³/mol. The number of rotatable bonds is 4. The van der Waals surface area contributed by atoms with Crippen molar-refractivity contribution in [3.8, 4) is 17.0 Å². The molecule has 0 bridgehead atoms. The lowest BCUT2D eigenvalue weighted by Crippen LogP contribution is -2.53. The first kappa shape index (κ1) is 33.6. The normalized spacial score (nSPS) is 19.5. The van der Waals surface area contributed by atoms with Crippen molar-refractivity contribution in [1.82, 2.24) is 9.97 Å². The number of hydrogen-bond acceptors (Lipinski definition) is 9. The maximum Gasteiger partial charge on any atom is 0.413 e. The van der Waals surface area contributed by atoms with Crippen LogP contribution in [0.1, 0.15) is 54.0 Å². The van der Waals surface area contributed by atoms with Crippen LogP contribution in [0, 0.1) is 24.1 Å². The highest BCUT2D eigenvalue weighted by Gasteiger charge is 2.41.